The minimum absolute atomic E-state index is 0.0608. The Morgan fingerprint density at radius 2 is 1.81 bits per heavy atom. The smallest absolute Gasteiger partial charge is 0.243 e. The molecule has 3 rings (SSSR count). The molecular weight excluding hydrogens is 414 g/mol. The van der Waals surface area contributed by atoms with Gasteiger partial charge in [0, 0.05) is 31.7 Å². The summed E-state index contributed by atoms with van der Waals surface area (Å²) in [5.41, 5.74) is 1.42. The highest BCUT2D eigenvalue weighted by Gasteiger charge is 2.37. The summed E-state index contributed by atoms with van der Waals surface area (Å²) in [5.74, 6) is -0.829. The van der Waals surface area contributed by atoms with Crippen LogP contribution in [-0.4, -0.2) is 49.1 Å². The van der Waals surface area contributed by atoms with Gasteiger partial charge in [0.1, 0.15) is 0 Å². The largest absolute Gasteiger partial charge is 0.335 e. The van der Waals surface area contributed by atoms with Gasteiger partial charge < -0.3 is 10.2 Å². The standard InChI is InChI=1S/C23H29N3O4S/c1-4-25(5-2)31(29,30)21-13-9-12-20(15-21)24-23(28)19-14-22(27)26(16-19)17(3)18-10-7-6-8-11-18/h6-13,15,17,19H,4-5,14,16H2,1-3H3,(H,24,28)/t17-,19-/m0/s1. The number of anilines is 1. The minimum atomic E-state index is -3.62. The van der Waals surface area contributed by atoms with Crippen LogP contribution in [0, 0.1) is 5.92 Å². The molecule has 0 saturated carbocycles. The number of likely N-dealkylation sites (tertiary alicyclic amines) is 1. The predicted molar refractivity (Wildman–Crippen MR) is 120 cm³/mol. The lowest BCUT2D eigenvalue weighted by atomic mass is 10.1. The molecule has 2 aromatic carbocycles. The summed E-state index contributed by atoms with van der Waals surface area (Å²) in [5, 5.41) is 2.79. The molecule has 0 spiro atoms. The molecule has 0 aliphatic carbocycles. The summed E-state index contributed by atoms with van der Waals surface area (Å²) in [6, 6.07) is 15.8. The fraction of sp³-hybridized carbons (Fsp3) is 0.391. The van der Waals surface area contributed by atoms with Gasteiger partial charge in [-0.05, 0) is 30.7 Å². The van der Waals surface area contributed by atoms with Gasteiger partial charge in [0.25, 0.3) is 0 Å². The second kappa shape index (κ2) is 9.62. The normalized spacial score (nSPS) is 17.7. The van der Waals surface area contributed by atoms with E-state index in [4.69, 9.17) is 0 Å². The first-order valence-corrected chi connectivity index (χ1v) is 12.0. The number of sulfonamides is 1. The lowest BCUT2D eigenvalue weighted by Crippen LogP contribution is -2.31. The number of nitrogens with zero attached hydrogens (tertiary/aromatic N) is 2. The van der Waals surface area contributed by atoms with Crippen molar-refractivity contribution in [3.63, 3.8) is 0 Å². The van der Waals surface area contributed by atoms with Gasteiger partial charge in [0.05, 0.1) is 16.9 Å². The second-order valence-corrected chi connectivity index (χ2v) is 9.58. The number of rotatable bonds is 8. The van der Waals surface area contributed by atoms with E-state index in [9.17, 15) is 18.0 Å². The van der Waals surface area contributed by atoms with Crippen molar-refractivity contribution in [3.05, 3.63) is 60.2 Å². The zero-order valence-corrected chi connectivity index (χ0v) is 18.9. The molecule has 1 heterocycles. The van der Waals surface area contributed by atoms with Crippen LogP contribution in [0.4, 0.5) is 5.69 Å². The maximum Gasteiger partial charge on any atom is 0.243 e. The van der Waals surface area contributed by atoms with Crippen LogP contribution in [0.25, 0.3) is 0 Å². The monoisotopic (exact) mass is 443 g/mol. The zero-order valence-electron chi connectivity index (χ0n) is 18.1. The van der Waals surface area contributed by atoms with Gasteiger partial charge in [-0.2, -0.15) is 4.31 Å². The van der Waals surface area contributed by atoms with Gasteiger partial charge in [-0.3, -0.25) is 9.59 Å². The van der Waals surface area contributed by atoms with Crippen LogP contribution in [0.2, 0.25) is 0 Å². The lowest BCUT2D eigenvalue weighted by molar-refractivity contribution is -0.129. The molecule has 1 N–H and O–H groups in total. The Hall–Kier alpha value is -2.71. The minimum Gasteiger partial charge on any atom is -0.335 e. The van der Waals surface area contributed by atoms with E-state index < -0.39 is 15.9 Å². The van der Waals surface area contributed by atoms with Crippen LogP contribution in [0.3, 0.4) is 0 Å². The zero-order chi connectivity index (χ0) is 22.6. The van der Waals surface area contributed by atoms with Gasteiger partial charge in [0.15, 0.2) is 0 Å². The average Bonchev–Trinajstić information content (AvgIpc) is 3.16. The van der Waals surface area contributed by atoms with E-state index in [1.165, 1.54) is 16.4 Å². The van der Waals surface area contributed by atoms with E-state index in [1.54, 1.807) is 30.9 Å². The molecule has 1 fully saturated rings. The number of amides is 2. The maximum atomic E-state index is 12.8. The van der Waals surface area contributed by atoms with Gasteiger partial charge in [-0.15, -0.1) is 0 Å². The van der Waals surface area contributed by atoms with E-state index in [-0.39, 0.29) is 29.2 Å². The molecule has 1 saturated heterocycles. The van der Waals surface area contributed by atoms with Crippen LogP contribution in [0.15, 0.2) is 59.5 Å². The Morgan fingerprint density at radius 3 is 2.45 bits per heavy atom. The highest BCUT2D eigenvalue weighted by atomic mass is 32.2. The molecule has 1 aliphatic heterocycles. The third-order valence-corrected chi connectivity index (χ3v) is 7.77. The summed E-state index contributed by atoms with van der Waals surface area (Å²) >= 11 is 0. The van der Waals surface area contributed by atoms with Gasteiger partial charge in [-0.25, -0.2) is 8.42 Å². The van der Waals surface area contributed by atoms with Crippen molar-refractivity contribution in [2.75, 3.05) is 25.0 Å². The van der Waals surface area contributed by atoms with Crippen molar-refractivity contribution in [3.8, 4) is 0 Å². The summed E-state index contributed by atoms with van der Waals surface area (Å²) in [6.07, 6.45) is 0.139. The molecule has 2 amide bonds. The number of nitrogens with one attached hydrogen (secondary N) is 1. The van der Waals surface area contributed by atoms with Crippen LogP contribution in [0.5, 0.6) is 0 Å². The molecule has 0 aromatic heterocycles. The average molecular weight is 444 g/mol. The molecule has 7 nitrogen and oxygen atoms in total. The molecule has 0 unspecified atom stereocenters. The van der Waals surface area contributed by atoms with Crippen molar-refractivity contribution in [1.82, 2.24) is 9.21 Å². The Bertz CT molecular complexity index is 1040. The molecule has 0 radical (unpaired) electrons. The summed E-state index contributed by atoms with van der Waals surface area (Å²) < 4.78 is 26.9. The van der Waals surface area contributed by atoms with Crippen LogP contribution in [0.1, 0.15) is 38.8 Å². The molecule has 166 valence electrons. The number of carbonyl (C=O) groups is 2. The molecule has 31 heavy (non-hydrogen) atoms. The molecule has 2 aromatic rings. The predicted octanol–water partition coefficient (Wildman–Crippen LogP) is 3.27. The van der Waals surface area contributed by atoms with Crippen LogP contribution in [-0.2, 0) is 19.6 Å². The van der Waals surface area contributed by atoms with Crippen molar-refractivity contribution in [2.24, 2.45) is 5.92 Å². The molecular formula is C23H29N3O4S. The highest BCUT2D eigenvalue weighted by Crippen LogP contribution is 2.29. The maximum absolute atomic E-state index is 12.8. The quantitative estimate of drug-likeness (QED) is 0.678. The summed E-state index contributed by atoms with van der Waals surface area (Å²) in [7, 11) is -3.62. The summed E-state index contributed by atoms with van der Waals surface area (Å²) in [6.45, 7) is 6.59. The molecule has 0 bridgehead atoms. The number of hydrogen-bond donors (Lipinski definition) is 1. The fourth-order valence-corrected chi connectivity index (χ4v) is 5.39. The van der Waals surface area contributed by atoms with E-state index in [0.29, 0.717) is 25.3 Å². The van der Waals surface area contributed by atoms with Crippen molar-refractivity contribution in [2.45, 2.75) is 38.1 Å². The van der Waals surface area contributed by atoms with Gasteiger partial charge in [-0.1, -0.05) is 50.2 Å². The van der Waals surface area contributed by atoms with E-state index >= 15 is 0 Å². The van der Waals surface area contributed by atoms with Crippen molar-refractivity contribution >= 4 is 27.5 Å². The van der Waals surface area contributed by atoms with E-state index in [1.807, 2.05) is 37.3 Å². The Labute approximate surface area is 184 Å². The summed E-state index contributed by atoms with van der Waals surface area (Å²) in [4.78, 5) is 27.2. The SMILES string of the molecule is CCN(CC)S(=O)(=O)c1cccc(NC(=O)[C@H]2CC(=O)N([C@@H](C)c3ccccc3)C2)c1. The first-order chi connectivity index (χ1) is 14.8. The first-order valence-electron chi connectivity index (χ1n) is 10.5. The van der Waals surface area contributed by atoms with E-state index in [0.717, 1.165) is 5.56 Å². The third kappa shape index (κ3) is 4.97. The Morgan fingerprint density at radius 1 is 1.13 bits per heavy atom. The molecule has 8 heteroatoms. The number of hydrogen-bond acceptors (Lipinski definition) is 4. The van der Waals surface area contributed by atoms with Crippen molar-refractivity contribution < 1.29 is 18.0 Å². The van der Waals surface area contributed by atoms with Gasteiger partial charge >= 0.3 is 0 Å². The highest BCUT2D eigenvalue weighted by molar-refractivity contribution is 7.89. The van der Waals surface area contributed by atoms with Crippen LogP contribution >= 0.6 is 0 Å². The van der Waals surface area contributed by atoms with Crippen LogP contribution < -0.4 is 5.32 Å². The lowest BCUT2D eigenvalue weighted by Gasteiger charge is -2.25. The Kier molecular flexibility index (Phi) is 7.12. The second-order valence-electron chi connectivity index (χ2n) is 7.64. The fourth-order valence-electron chi connectivity index (χ4n) is 3.88. The van der Waals surface area contributed by atoms with Gasteiger partial charge in [0.2, 0.25) is 21.8 Å². The molecule has 1 aliphatic rings. The number of benzene rings is 2. The van der Waals surface area contributed by atoms with E-state index in [2.05, 4.69) is 5.32 Å². The third-order valence-electron chi connectivity index (χ3n) is 5.72. The topological polar surface area (TPSA) is 86.8 Å². The Balaban J connectivity index is 1.71. The molecule has 2 atom stereocenters. The first kappa shape index (κ1) is 23.0. The van der Waals surface area contributed by atoms with Crippen molar-refractivity contribution in [1.29, 1.82) is 0 Å². The number of carbonyl (C=O) groups excluding carboxylic acids is 2.